The Morgan fingerprint density at radius 1 is 1.08 bits per heavy atom. The highest BCUT2D eigenvalue weighted by atomic mass is 32.2. The molecule has 0 bridgehead atoms. The molecule has 3 rings (SSSR count). The third-order valence-corrected chi connectivity index (χ3v) is 5.56. The Morgan fingerprint density at radius 2 is 1.80 bits per heavy atom. The lowest BCUT2D eigenvalue weighted by molar-refractivity contribution is -0.119. The quantitative estimate of drug-likeness (QED) is 0.646. The van der Waals surface area contributed by atoms with Crippen LogP contribution >= 0.6 is 0 Å². The minimum atomic E-state index is -3.79. The van der Waals surface area contributed by atoms with Crippen LogP contribution in [0.5, 0.6) is 0 Å². The van der Waals surface area contributed by atoms with Gasteiger partial charge in [0.2, 0.25) is 5.91 Å². The van der Waals surface area contributed by atoms with Crippen LogP contribution in [0.2, 0.25) is 0 Å². The first-order chi connectivity index (χ1) is 12.0. The van der Waals surface area contributed by atoms with Gasteiger partial charge in [0.15, 0.2) is 5.37 Å². The molecule has 0 aromatic heterocycles. The van der Waals surface area contributed by atoms with Crippen molar-refractivity contribution in [1.82, 2.24) is 10.9 Å². The van der Waals surface area contributed by atoms with Gasteiger partial charge in [-0.2, -0.15) is 0 Å². The SMILES string of the molecule is Cc1cccc(NC(=O)C2CNNC2S(=O)(=O)Nc2ccccc2)c1. The van der Waals surface area contributed by atoms with Gasteiger partial charge in [-0.1, -0.05) is 30.3 Å². The van der Waals surface area contributed by atoms with Crippen LogP contribution in [-0.4, -0.2) is 26.2 Å². The van der Waals surface area contributed by atoms with E-state index < -0.39 is 21.3 Å². The van der Waals surface area contributed by atoms with Gasteiger partial charge in [-0.05, 0) is 36.8 Å². The Morgan fingerprint density at radius 3 is 2.52 bits per heavy atom. The van der Waals surface area contributed by atoms with Crippen molar-refractivity contribution in [3.05, 3.63) is 60.2 Å². The van der Waals surface area contributed by atoms with Crippen LogP contribution in [0, 0.1) is 12.8 Å². The van der Waals surface area contributed by atoms with E-state index in [1.807, 2.05) is 25.1 Å². The zero-order valence-corrected chi connectivity index (χ0v) is 14.5. The lowest BCUT2D eigenvalue weighted by Crippen LogP contribution is -2.45. The summed E-state index contributed by atoms with van der Waals surface area (Å²) < 4.78 is 27.8. The molecule has 0 saturated carbocycles. The summed E-state index contributed by atoms with van der Waals surface area (Å²) in [5.74, 6) is -1.12. The van der Waals surface area contributed by atoms with E-state index in [4.69, 9.17) is 0 Å². The molecule has 2 aromatic carbocycles. The molecule has 1 aliphatic rings. The largest absolute Gasteiger partial charge is 0.326 e. The standard InChI is InChI=1S/C17H20N4O3S/c1-12-6-5-9-14(10-12)19-16(22)15-11-18-20-17(15)25(23,24)21-13-7-3-2-4-8-13/h2-10,15,17-18,20-21H,11H2,1H3,(H,19,22). The zero-order valence-electron chi connectivity index (χ0n) is 13.7. The number of hydrogen-bond donors (Lipinski definition) is 4. The van der Waals surface area contributed by atoms with Crippen LogP contribution in [0.25, 0.3) is 0 Å². The van der Waals surface area contributed by atoms with E-state index in [1.54, 1.807) is 36.4 Å². The predicted octanol–water partition coefficient (Wildman–Crippen LogP) is 1.43. The molecule has 1 heterocycles. The molecule has 7 nitrogen and oxygen atoms in total. The number of hydrogen-bond acceptors (Lipinski definition) is 5. The highest BCUT2D eigenvalue weighted by Crippen LogP contribution is 2.20. The van der Waals surface area contributed by atoms with Crippen LogP contribution in [0.3, 0.4) is 0 Å². The van der Waals surface area contributed by atoms with Crippen LogP contribution in [0.4, 0.5) is 11.4 Å². The van der Waals surface area contributed by atoms with Gasteiger partial charge in [0.05, 0.1) is 5.92 Å². The monoisotopic (exact) mass is 360 g/mol. The summed E-state index contributed by atoms with van der Waals surface area (Å²) in [6.07, 6.45) is 0. The topological polar surface area (TPSA) is 99.3 Å². The molecule has 2 aromatic rings. The first-order valence-electron chi connectivity index (χ1n) is 7.88. The lowest BCUT2D eigenvalue weighted by Gasteiger charge is -2.19. The minimum Gasteiger partial charge on any atom is -0.326 e. The lowest BCUT2D eigenvalue weighted by atomic mass is 10.1. The second-order valence-electron chi connectivity index (χ2n) is 5.92. The van der Waals surface area contributed by atoms with Crippen LogP contribution < -0.4 is 20.9 Å². The van der Waals surface area contributed by atoms with E-state index in [-0.39, 0.29) is 12.5 Å². The highest BCUT2D eigenvalue weighted by molar-refractivity contribution is 7.93. The van der Waals surface area contributed by atoms with E-state index in [0.717, 1.165) is 5.56 Å². The van der Waals surface area contributed by atoms with Gasteiger partial charge >= 0.3 is 0 Å². The number of rotatable bonds is 5. The molecule has 25 heavy (non-hydrogen) atoms. The maximum Gasteiger partial charge on any atom is 0.250 e. The van der Waals surface area contributed by atoms with E-state index >= 15 is 0 Å². The van der Waals surface area contributed by atoms with E-state index in [1.165, 1.54) is 0 Å². The molecule has 0 radical (unpaired) electrons. The molecule has 1 saturated heterocycles. The van der Waals surface area contributed by atoms with Crippen molar-refractivity contribution in [2.45, 2.75) is 12.3 Å². The smallest absolute Gasteiger partial charge is 0.250 e. The number of benzene rings is 2. The van der Waals surface area contributed by atoms with Crippen molar-refractivity contribution in [1.29, 1.82) is 0 Å². The number of hydrazine groups is 1. The van der Waals surface area contributed by atoms with Crippen LogP contribution in [0.1, 0.15) is 5.56 Å². The number of nitrogens with one attached hydrogen (secondary N) is 4. The molecule has 1 fully saturated rings. The molecule has 0 aliphatic carbocycles. The molecule has 8 heteroatoms. The fourth-order valence-electron chi connectivity index (χ4n) is 2.69. The fraction of sp³-hybridized carbons (Fsp3) is 0.235. The molecule has 0 spiro atoms. The Balaban J connectivity index is 1.74. The number of sulfonamides is 1. The second kappa shape index (κ2) is 7.22. The van der Waals surface area contributed by atoms with Gasteiger partial charge in [-0.25, -0.2) is 13.8 Å². The van der Waals surface area contributed by atoms with Gasteiger partial charge in [0.25, 0.3) is 10.0 Å². The number of carbonyl (C=O) groups excluding carboxylic acids is 1. The summed E-state index contributed by atoms with van der Waals surface area (Å²) in [5.41, 5.74) is 7.55. The molecule has 2 unspecified atom stereocenters. The number of amides is 1. The third-order valence-electron chi connectivity index (χ3n) is 3.92. The normalized spacial score (nSPS) is 20.2. The minimum absolute atomic E-state index is 0.220. The summed E-state index contributed by atoms with van der Waals surface area (Å²) in [6.45, 7) is 2.14. The Labute approximate surface area is 146 Å². The Kier molecular flexibility index (Phi) is 5.03. The second-order valence-corrected chi connectivity index (χ2v) is 7.73. The van der Waals surface area contributed by atoms with Gasteiger partial charge in [0.1, 0.15) is 0 Å². The molecule has 1 aliphatic heterocycles. The highest BCUT2D eigenvalue weighted by Gasteiger charge is 2.41. The Hall–Kier alpha value is -2.42. The van der Waals surface area contributed by atoms with Crippen molar-refractivity contribution in [2.24, 2.45) is 5.92 Å². The van der Waals surface area contributed by atoms with Crippen molar-refractivity contribution >= 4 is 27.3 Å². The van der Waals surface area contributed by atoms with E-state index in [2.05, 4.69) is 20.9 Å². The summed E-state index contributed by atoms with van der Waals surface area (Å²) >= 11 is 0. The van der Waals surface area contributed by atoms with Gasteiger partial charge in [-0.3, -0.25) is 14.9 Å². The summed E-state index contributed by atoms with van der Waals surface area (Å²) in [4.78, 5) is 12.6. The number of anilines is 2. The average Bonchev–Trinajstić information content (AvgIpc) is 3.06. The average molecular weight is 360 g/mol. The van der Waals surface area contributed by atoms with E-state index in [0.29, 0.717) is 11.4 Å². The Bertz CT molecular complexity index is 855. The van der Waals surface area contributed by atoms with Crippen molar-refractivity contribution in [3.8, 4) is 0 Å². The number of aryl methyl sites for hydroxylation is 1. The predicted molar refractivity (Wildman–Crippen MR) is 97.2 cm³/mol. The van der Waals surface area contributed by atoms with Gasteiger partial charge < -0.3 is 5.32 Å². The number of para-hydroxylation sites is 1. The van der Waals surface area contributed by atoms with Crippen LogP contribution in [0.15, 0.2) is 54.6 Å². The summed E-state index contributed by atoms with van der Waals surface area (Å²) in [7, 11) is -3.79. The molecule has 2 atom stereocenters. The van der Waals surface area contributed by atoms with Gasteiger partial charge in [0, 0.05) is 17.9 Å². The molecule has 132 valence electrons. The molecule has 4 N–H and O–H groups in total. The first kappa shape index (κ1) is 17.4. The summed E-state index contributed by atoms with van der Waals surface area (Å²) in [5, 5.41) is 1.71. The maximum absolute atomic E-state index is 12.6. The number of carbonyl (C=O) groups is 1. The summed E-state index contributed by atoms with van der Waals surface area (Å²) in [6, 6.07) is 15.9. The van der Waals surface area contributed by atoms with Crippen molar-refractivity contribution in [3.63, 3.8) is 0 Å². The first-order valence-corrected chi connectivity index (χ1v) is 9.43. The molecule has 1 amide bonds. The van der Waals surface area contributed by atoms with Crippen molar-refractivity contribution < 1.29 is 13.2 Å². The van der Waals surface area contributed by atoms with E-state index in [9.17, 15) is 13.2 Å². The van der Waals surface area contributed by atoms with Gasteiger partial charge in [-0.15, -0.1) is 0 Å². The third kappa shape index (κ3) is 4.16. The molecular weight excluding hydrogens is 340 g/mol. The maximum atomic E-state index is 12.6. The zero-order chi connectivity index (χ0) is 17.9. The van der Waals surface area contributed by atoms with Crippen LogP contribution in [-0.2, 0) is 14.8 Å². The molecular formula is C17H20N4O3S. The fourth-order valence-corrected chi connectivity index (χ4v) is 4.18. The van der Waals surface area contributed by atoms with Crippen molar-refractivity contribution in [2.75, 3.05) is 16.6 Å².